The van der Waals surface area contributed by atoms with Gasteiger partial charge in [0, 0.05) is 41.4 Å². The minimum atomic E-state index is -0.0731. The molecule has 7 heteroatoms. The molecule has 2 aromatic heterocycles. The van der Waals surface area contributed by atoms with Crippen LogP contribution in [0.5, 0.6) is 0 Å². The first-order chi connectivity index (χ1) is 17.4. The highest BCUT2D eigenvalue weighted by molar-refractivity contribution is 7.80. The Morgan fingerprint density at radius 1 is 1.14 bits per heavy atom. The second-order valence-electron chi connectivity index (χ2n) is 10.0. The molecular formula is C29H35N5OS. The Bertz CT molecular complexity index is 1280. The fraction of sp³-hybridized carbons (Fsp3) is 0.414. The monoisotopic (exact) mass is 501 g/mol. The molecule has 36 heavy (non-hydrogen) atoms. The molecule has 188 valence electrons. The van der Waals surface area contributed by atoms with Crippen molar-refractivity contribution in [1.82, 2.24) is 14.9 Å². The molecule has 2 atom stereocenters. The number of benzene rings is 1. The first kappa shape index (κ1) is 24.5. The lowest BCUT2D eigenvalue weighted by Crippen LogP contribution is -2.29. The summed E-state index contributed by atoms with van der Waals surface area (Å²) < 4.78 is 2.55. The number of anilines is 2. The lowest BCUT2D eigenvalue weighted by atomic mass is 9.96. The number of amides is 1. The van der Waals surface area contributed by atoms with Crippen LogP contribution in [0.4, 0.5) is 11.4 Å². The molecule has 1 saturated heterocycles. The largest absolute Gasteiger partial charge is 0.351 e. The molecule has 1 aliphatic heterocycles. The van der Waals surface area contributed by atoms with Crippen molar-refractivity contribution >= 4 is 34.6 Å². The van der Waals surface area contributed by atoms with Gasteiger partial charge in [-0.2, -0.15) is 0 Å². The number of hydrogen-bond acceptors (Lipinski definition) is 3. The molecule has 2 N–H and O–H groups in total. The summed E-state index contributed by atoms with van der Waals surface area (Å²) >= 11 is 5.94. The molecule has 1 saturated carbocycles. The van der Waals surface area contributed by atoms with E-state index in [9.17, 15) is 4.79 Å². The Morgan fingerprint density at radius 3 is 2.58 bits per heavy atom. The van der Waals surface area contributed by atoms with Crippen LogP contribution in [0.1, 0.15) is 85.4 Å². The smallest absolute Gasteiger partial charge is 0.224 e. The zero-order chi connectivity index (χ0) is 25.4. The molecule has 0 spiro atoms. The molecule has 3 heterocycles. The molecule has 6 nitrogen and oxygen atoms in total. The van der Waals surface area contributed by atoms with Gasteiger partial charge in [-0.1, -0.05) is 25.8 Å². The van der Waals surface area contributed by atoms with Gasteiger partial charge >= 0.3 is 0 Å². The average Bonchev–Trinajstić information content (AvgIpc) is 3.58. The predicted molar refractivity (Wildman–Crippen MR) is 149 cm³/mol. The van der Waals surface area contributed by atoms with E-state index >= 15 is 0 Å². The second kappa shape index (κ2) is 10.1. The number of nitrogens with one attached hydrogen (secondary N) is 2. The lowest BCUT2D eigenvalue weighted by molar-refractivity contribution is -0.115. The molecule has 2 aliphatic rings. The molecule has 0 radical (unpaired) electrons. The molecular weight excluding hydrogens is 466 g/mol. The number of aromatic nitrogens is 2. The number of rotatable bonds is 6. The predicted octanol–water partition coefficient (Wildman–Crippen LogP) is 6.45. The van der Waals surface area contributed by atoms with Crippen LogP contribution in [0, 0.1) is 20.8 Å². The highest BCUT2D eigenvalue weighted by atomic mass is 32.1. The van der Waals surface area contributed by atoms with Gasteiger partial charge in [0.2, 0.25) is 5.91 Å². The minimum absolute atomic E-state index is 0.0108. The van der Waals surface area contributed by atoms with Crippen molar-refractivity contribution in [3.63, 3.8) is 0 Å². The number of carbonyl (C=O) groups excluding carboxylic acids is 1. The third kappa shape index (κ3) is 4.41. The maximum Gasteiger partial charge on any atom is 0.224 e. The third-order valence-corrected chi connectivity index (χ3v) is 8.03. The topological polar surface area (TPSA) is 62.2 Å². The van der Waals surface area contributed by atoms with E-state index in [1.54, 1.807) is 0 Å². The van der Waals surface area contributed by atoms with Crippen LogP contribution in [-0.4, -0.2) is 20.6 Å². The average molecular weight is 502 g/mol. The summed E-state index contributed by atoms with van der Waals surface area (Å²) in [5.74, 6) is 0.0108. The van der Waals surface area contributed by atoms with Gasteiger partial charge in [-0.3, -0.25) is 9.78 Å². The van der Waals surface area contributed by atoms with Crippen LogP contribution in [0.25, 0.3) is 0 Å². The van der Waals surface area contributed by atoms with Crippen LogP contribution >= 0.6 is 12.2 Å². The maximum absolute atomic E-state index is 12.0. The minimum Gasteiger partial charge on any atom is -0.351 e. The van der Waals surface area contributed by atoms with Crippen molar-refractivity contribution in [3.8, 4) is 0 Å². The molecule has 0 bridgehead atoms. The first-order valence-electron chi connectivity index (χ1n) is 13.0. The number of hydrogen-bond donors (Lipinski definition) is 2. The van der Waals surface area contributed by atoms with Crippen LogP contribution in [0.15, 0.2) is 48.7 Å². The van der Waals surface area contributed by atoms with E-state index in [4.69, 9.17) is 17.2 Å². The highest BCUT2D eigenvalue weighted by Gasteiger charge is 2.42. The molecule has 5 rings (SSSR count). The number of aryl methyl sites for hydroxylation is 2. The summed E-state index contributed by atoms with van der Waals surface area (Å²) in [5, 5.41) is 7.27. The second-order valence-corrected chi connectivity index (χ2v) is 10.4. The van der Waals surface area contributed by atoms with Crippen LogP contribution in [0.3, 0.4) is 0 Å². The van der Waals surface area contributed by atoms with Crippen molar-refractivity contribution in [1.29, 1.82) is 0 Å². The number of carbonyl (C=O) groups is 1. The fourth-order valence-corrected chi connectivity index (χ4v) is 6.30. The summed E-state index contributed by atoms with van der Waals surface area (Å²) in [5.41, 5.74) is 7.72. The molecule has 3 aromatic rings. The summed E-state index contributed by atoms with van der Waals surface area (Å²) in [6.45, 7) is 8.37. The van der Waals surface area contributed by atoms with Gasteiger partial charge in [0.15, 0.2) is 5.11 Å². The standard InChI is InChI=1S/C29H35N5OS/c1-5-26(35)31-24-14-13-22(16-18(24)2)34-28(27(32-29(34)36)25-12-8-9-15-30-25)23-17-19(3)33(20(23)4)21-10-6-7-11-21/h8-9,12-17,21,27-28H,5-7,10-11H2,1-4H3,(H,31,35)(H,32,36). The van der Waals surface area contributed by atoms with Gasteiger partial charge in [0.1, 0.15) is 0 Å². The van der Waals surface area contributed by atoms with Crippen LogP contribution < -0.4 is 15.5 Å². The Kier molecular flexibility index (Phi) is 6.84. The van der Waals surface area contributed by atoms with Gasteiger partial charge in [-0.05, 0) is 93.4 Å². The van der Waals surface area contributed by atoms with Gasteiger partial charge in [-0.25, -0.2) is 0 Å². The molecule has 1 amide bonds. The number of nitrogens with zero attached hydrogens (tertiary/aromatic N) is 3. The summed E-state index contributed by atoms with van der Waals surface area (Å²) in [7, 11) is 0. The molecule has 1 aliphatic carbocycles. The summed E-state index contributed by atoms with van der Waals surface area (Å²) in [6.07, 6.45) is 7.38. The molecule has 2 unspecified atom stereocenters. The van der Waals surface area contributed by atoms with E-state index in [0.29, 0.717) is 17.6 Å². The van der Waals surface area contributed by atoms with Crippen molar-refractivity contribution in [2.75, 3.05) is 10.2 Å². The first-order valence-corrected chi connectivity index (χ1v) is 13.4. The van der Waals surface area contributed by atoms with Crippen molar-refractivity contribution < 1.29 is 4.79 Å². The normalized spacial score (nSPS) is 20.1. The van der Waals surface area contributed by atoms with Crippen molar-refractivity contribution in [2.45, 2.75) is 77.9 Å². The number of thiocarbonyl (C=S) groups is 1. The van der Waals surface area contributed by atoms with E-state index in [0.717, 1.165) is 22.6 Å². The highest BCUT2D eigenvalue weighted by Crippen LogP contribution is 2.45. The third-order valence-electron chi connectivity index (χ3n) is 7.71. The Hall–Kier alpha value is -3.19. The van der Waals surface area contributed by atoms with Gasteiger partial charge < -0.3 is 20.1 Å². The Labute approximate surface area is 219 Å². The maximum atomic E-state index is 12.0. The van der Waals surface area contributed by atoms with E-state index in [2.05, 4.69) is 58.2 Å². The Morgan fingerprint density at radius 2 is 1.92 bits per heavy atom. The van der Waals surface area contributed by atoms with Crippen LogP contribution in [-0.2, 0) is 4.79 Å². The lowest BCUT2D eigenvalue weighted by Gasteiger charge is -2.29. The van der Waals surface area contributed by atoms with Gasteiger partial charge in [0.05, 0.1) is 17.8 Å². The van der Waals surface area contributed by atoms with Crippen molar-refractivity contribution in [3.05, 3.63) is 76.9 Å². The zero-order valence-electron chi connectivity index (χ0n) is 21.5. The molecule has 1 aromatic carbocycles. The number of pyridine rings is 1. The van der Waals surface area contributed by atoms with E-state index in [1.807, 2.05) is 38.2 Å². The van der Waals surface area contributed by atoms with Crippen LogP contribution in [0.2, 0.25) is 0 Å². The summed E-state index contributed by atoms with van der Waals surface area (Å²) in [6, 6.07) is 15.0. The van der Waals surface area contributed by atoms with E-state index in [1.165, 1.54) is 42.6 Å². The summed E-state index contributed by atoms with van der Waals surface area (Å²) in [4.78, 5) is 18.9. The van der Waals surface area contributed by atoms with Gasteiger partial charge in [0.25, 0.3) is 0 Å². The molecule has 2 fully saturated rings. The van der Waals surface area contributed by atoms with Gasteiger partial charge in [-0.15, -0.1) is 0 Å². The fourth-order valence-electron chi connectivity index (χ4n) is 5.95. The Balaban J connectivity index is 1.60. The SMILES string of the molecule is CCC(=O)Nc1ccc(N2C(=S)NC(c3ccccn3)C2c2cc(C)n(C3CCCC3)c2C)cc1C. The van der Waals surface area contributed by atoms with E-state index in [-0.39, 0.29) is 18.0 Å². The van der Waals surface area contributed by atoms with Crippen molar-refractivity contribution in [2.24, 2.45) is 0 Å². The zero-order valence-corrected chi connectivity index (χ0v) is 22.4. The quantitative estimate of drug-likeness (QED) is 0.380. The van der Waals surface area contributed by atoms with E-state index < -0.39 is 0 Å².